The predicted octanol–water partition coefficient (Wildman–Crippen LogP) is 0.591. The van der Waals surface area contributed by atoms with Crippen molar-refractivity contribution in [2.24, 2.45) is 0 Å². The summed E-state index contributed by atoms with van der Waals surface area (Å²) in [6.07, 6.45) is -0.677. The van der Waals surface area contributed by atoms with E-state index in [1.54, 1.807) is 12.1 Å². The molecule has 0 bridgehead atoms. The molecule has 6 heteroatoms. The quantitative estimate of drug-likeness (QED) is 0.821. The fourth-order valence-electron chi connectivity index (χ4n) is 1.42. The van der Waals surface area contributed by atoms with E-state index in [-0.39, 0.29) is 22.8 Å². The lowest BCUT2D eigenvalue weighted by molar-refractivity contribution is 0.0921. The predicted molar refractivity (Wildman–Crippen MR) is 68.2 cm³/mol. The lowest BCUT2D eigenvalue weighted by Crippen LogP contribution is -2.31. The first-order chi connectivity index (χ1) is 8.38. The number of aliphatic hydroxyl groups is 1. The summed E-state index contributed by atoms with van der Waals surface area (Å²) in [6.45, 7) is 3.15. The fourth-order valence-corrected chi connectivity index (χ4v) is 2.51. The van der Waals surface area contributed by atoms with E-state index in [1.165, 1.54) is 26.0 Å². The summed E-state index contributed by atoms with van der Waals surface area (Å²) in [5, 5.41) is 11.6. The summed E-state index contributed by atoms with van der Waals surface area (Å²) in [4.78, 5) is 11.9. The molecule has 0 aliphatic rings. The van der Waals surface area contributed by atoms with Crippen molar-refractivity contribution in [1.82, 2.24) is 5.32 Å². The number of carbonyl (C=O) groups excluding carboxylic acids is 1. The third kappa shape index (κ3) is 3.54. The second kappa shape index (κ2) is 5.97. The number of sulfone groups is 1. The lowest BCUT2D eigenvalue weighted by Gasteiger charge is -2.10. The van der Waals surface area contributed by atoms with Crippen LogP contribution in [0.1, 0.15) is 24.2 Å². The zero-order valence-electron chi connectivity index (χ0n) is 10.4. The van der Waals surface area contributed by atoms with E-state index in [4.69, 9.17) is 5.11 Å². The Morgan fingerprint density at radius 2 is 2.00 bits per heavy atom. The maximum absolute atomic E-state index is 11.8. The molecular formula is C12H17NO4S. The van der Waals surface area contributed by atoms with Gasteiger partial charge in [-0.05, 0) is 19.1 Å². The van der Waals surface area contributed by atoms with Crippen LogP contribution in [0.5, 0.6) is 0 Å². The molecule has 2 N–H and O–H groups in total. The number of hydrogen-bond donors (Lipinski definition) is 2. The number of aliphatic hydroxyl groups excluding tert-OH is 1. The van der Waals surface area contributed by atoms with Crippen LogP contribution in [0.2, 0.25) is 0 Å². The average Bonchev–Trinajstić information content (AvgIpc) is 2.36. The molecule has 0 aromatic heterocycles. The number of carbonyl (C=O) groups is 1. The molecule has 0 fully saturated rings. The smallest absolute Gasteiger partial charge is 0.252 e. The van der Waals surface area contributed by atoms with Gasteiger partial charge < -0.3 is 10.4 Å². The highest BCUT2D eigenvalue weighted by Crippen LogP contribution is 2.16. The fraction of sp³-hybridized carbons (Fsp3) is 0.417. The molecule has 0 saturated carbocycles. The molecule has 0 spiro atoms. The molecule has 1 atom stereocenters. The maximum atomic E-state index is 11.8. The van der Waals surface area contributed by atoms with Crippen molar-refractivity contribution in [1.29, 1.82) is 0 Å². The summed E-state index contributed by atoms with van der Waals surface area (Å²) >= 11 is 0. The van der Waals surface area contributed by atoms with Crippen LogP contribution in [0.4, 0.5) is 0 Å². The maximum Gasteiger partial charge on any atom is 0.252 e. The van der Waals surface area contributed by atoms with Gasteiger partial charge in [0.05, 0.1) is 22.3 Å². The van der Waals surface area contributed by atoms with Gasteiger partial charge in [-0.3, -0.25) is 4.79 Å². The summed E-state index contributed by atoms with van der Waals surface area (Å²) < 4.78 is 23.7. The number of rotatable bonds is 5. The Morgan fingerprint density at radius 1 is 1.39 bits per heavy atom. The van der Waals surface area contributed by atoms with Crippen LogP contribution >= 0.6 is 0 Å². The van der Waals surface area contributed by atoms with Gasteiger partial charge in [0.25, 0.3) is 5.91 Å². The van der Waals surface area contributed by atoms with Gasteiger partial charge in [0.2, 0.25) is 0 Å². The third-order valence-electron chi connectivity index (χ3n) is 2.40. The van der Waals surface area contributed by atoms with Crippen LogP contribution in [-0.2, 0) is 9.84 Å². The van der Waals surface area contributed by atoms with Gasteiger partial charge >= 0.3 is 0 Å². The largest absolute Gasteiger partial charge is 0.392 e. The van der Waals surface area contributed by atoms with Crippen LogP contribution in [0.3, 0.4) is 0 Å². The topological polar surface area (TPSA) is 83.5 Å². The first kappa shape index (κ1) is 14.7. The zero-order chi connectivity index (χ0) is 13.8. The Bertz CT molecular complexity index is 523. The van der Waals surface area contributed by atoms with E-state index in [2.05, 4.69) is 5.32 Å². The second-order valence-electron chi connectivity index (χ2n) is 3.96. The molecule has 0 saturated heterocycles. The molecule has 1 aromatic carbocycles. The summed E-state index contributed by atoms with van der Waals surface area (Å²) in [5.74, 6) is -0.559. The molecule has 0 heterocycles. The van der Waals surface area contributed by atoms with Crippen LogP contribution < -0.4 is 5.32 Å². The second-order valence-corrected chi connectivity index (χ2v) is 6.21. The molecule has 0 aliphatic carbocycles. The third-order valence-corrected chi connectivity index (χ3v) is 4.19. The van der Waals surface area contributed by atoms with E-state index in [9.17, 15) is 13.2 Å². The van der Waals surface area contributed by atoms with Crippen molar-refractivity contribution < 1.29 is 18.3 Å². The van der Waals surface area contributed by atoms with Gasteiger partial charge in [0.15, 0.2) is 9.84 Å². The number of nitrogens with one attached hydrogen (secondary N) is 1. The van der Waals surface area contributed by atoms with Crippen molar-refractivity contribution in [3.8, 4) is 0 Å². The molecule has 0 unspecified atom stereocenters. The van der Waals surface area contributed by atoms with E-state index in [0.29, 0.717) is 0 Å². The number of amides is 1. The Morgan fingerprint density at radius 3 is 2.56 bits per heavy atom. The molecule has 100 valence electrons. The van der Waals surface area contributed by atoms with Crippen molar-refractivity contribution in [3.63, 3.8) is 0 Å². The van der Waals surface area contributed by atoms with E-state index >= 15 is 0 Å². The van der Waals surface area contributed by atoms with Gasteiger partial charge in [0, 0.05) is 6.54 Å². The summed E-state index contributed by atoms with van der Waals surface area (Å²) in [6, 6.07) is 6.05. The molecule has 1 aromatic rings. The van der Waals surface area contributed by atoms with Crippen LogP contribution in [0.15, 0.2) is 29.2 Å². The van der Waals surface area contributed by atoms with Crippen molar-refractivity contribution in [2.75, 3.05) is 12.3 Å². The van der Waals surface area contributed by atoms with E-state index < -0.39 is 21.8 Å². The van der Waals surface area contributed by atoms with Crippen molar-refractivity contribution >= 4 is 15.7 Å². The highest BCUT2D eigenvalue weighted by Gasteiger charge is 2.20. The van der Waals surface area contributed by atoms with Gasteiger partial charge in [0.1, 0.15) is 0 Å². The first-order valence-corrected chi connectivity index (χ1v) is 7.31. The Kier molecular flexibility index (Phi) is 4.86. The zero-order valence-corrected chi connectivity index (χ0v) is 11.2. The normalized spacial score (nSPS) is 13.1. The highest BCUT2D eigenvalue weighted by molar-refractivity contribution is 7.91. The first-order valence-electron chi connectivity index (χ1n) is 5.66. The molecule has 1 amide bonds. The summed E-state index contributed by atoms with van der Waals surface area (Å²) in [5.41, 5.74) is 0.111. The SMILES string of the molecule is CCS(=O)(=O)c1ccccc1C(=O)NC[C@H](C)O. The van der Waals surface area contributed by atoms with Crippen LogP contribution in [-0.4, -0.2) is 37.8 Å². The van der Waals surface area contributed by atoms with Gasteiger partial charge in [-0.25, -0.2) is 8.42 Å². The number of hydrogen-bond acceptors (Lipinski definition) is 4. The van der Waals surface area contributed by atoms with Crippen LogP contribution in [0, 0.1) is 0 Å². The van der Waals surface area contributed by atoms with E-state index in [0.717, 1.165) is 0 Å². The minimum Gasteiger partial charge on any atom is -0.392 e. The molecule has 0 radical (unpaired) electrons. The Balaban J connectivity index is 3.07. The minimum absolute atomic E-state index is 0.0237. The highest BCUT2D eigenvalue weighted by atomic mass is 32.2. The lowest BCUT2D eigenvalue weighted by atomic mass is 10.2. The average molecular weight is 271 g/mol. The van der Waals surface area contributed by atoms with Gasteiger partial charge in [-0.2, -0.15) is 0 Å². The Hall–Kier alpha value is -1.40. The summed E-state index contributed by atoms with van der Waals surface area (Å²) in [7, 11) is -3.44. The van der Waals surface area contributed by atoms with Gasteiger partial charge in [-0.1, -0.05) is 19.1 Å². The molecule has 18 heavy (non-hydrogen) atoms. The molecule has 1 rings (SSSR count). The standard InChI is InChI=1S/C12H17NO4S/c1-3-18(16,17)11-7-5-4-6-10(11)12(15)13-8-9(2)14/h4-7,9,14H,3,8H2,1-2H3,(H,13,15)/t9-/m0/s1. The van der Waals surface area contributed by atoms with Crippen LogP contribution in [0.25, 0.3) is 0 Å². The van der Waals surface area contributed by atoms with Gasteiger partial charge in [-0.15, -0.1) is 0 Å². The minimum atomic E-state index is -3.44. The van der Waals surface area contributed by atoms with Crippen molar-refractivity contribution in [2.45, 2.75) is 24.8 Å². The molecular weight excluding hydrogens is 254 g/mol. The Labute approximate surface area is 107 Å². The number of benzene rings is 1. The van der Waals surface area contributed by atoms with Crippen molar-refractivity contribution in [3.05, 3.63) is 29.8 Å². The molecule has 5 nitrogen and oxygen atoms in total. The monoisotopic (exact) mass is 271 g/mol. The van der Waals surface area contributed by atoms with E-state index in [1.807, 2.05) is 0 Å². The molecule has 0 aliphatic heterocycles.